The highest BCUT2D eigenvalue weighted by atomic mass is 16.6. The minimum Gasteiger partial charge on any atom is -0.506 e. The monoisotopic (exact) mass is 274 g/mol. The van der Waals surface area contributed by atoms with Crippen LogP contribution in [-0.2, 0) is 0 Å². The minimum absolute atomic E-state index is 0.0624. The van der Waals surface area contributed by atoms with Crippen LogP contribution < -0.4 is 10.6 Å². The maximum absolute atomic E-state index is 11.7. The zero-order valence-corrected chi connectivity index (χ0v) is 10.1. The number of aromatic hydroxyl groups is 1. The molecule has 102 valence electrons. The number of hydrogen-bond donors (Lipinski definition) is 3. The van der Waals surface area contributed by atoms with Crippen molar-refractivity contribution in [1.29, 1.82) is 0 Å². The van der Waals surface area contributed by atoms with Gasteiger partial charge in [0, 0.05) is 18.3 Å². The number of anilines is 2. The molecule has 20 heavy (non-hydrogen) atoms. The molecular formula is C12H10N4O4. The lowest BCUT2D eigenvalue weighted by atomic mass is 10.2. The van der Waals surface area contributed by atoms with Gasteiger partial charge in [-0.1, -0.05) is 6.07 Å². The molecule has 0 fully saturated rings. The van der Waals surface area contributed by atoms with E-state index in [4.69, 9.17) is 0 Å². The number of benzene rings is 1. The molecule has 0 saturated carbocycles. The molecule has 0 spiro atoms. The summed E-state index contributed by atoms with van der Waals surface area (Å²) in [5.74, 6) is 0.0432. The predicted molar refractivity (Wildman–Crippen MR) is 71.6 cm³/mol. The highest BCUT2D eigenvalue weighted by Gasteiger charge is 2.12. The molecule has 2 aromatic rings. The third kappa shape index (κ3) is 3.19. The van der Waals surface area contributed by atoms with E-state index in [0.717, 1.165) is 18.2 Å². The number of phenolic OH excluding ortho intramolecular Hbond substituents is 1. The Labute approximate surface area is 113 Å². The first-order chi connectivity index (χ1) is 9.56. The molecule has 1 aromatic heterocycles. The van der Waals surface area contributed by atoms with Crippen LogP contribution in [0.2, 0.25) is 0 Å². The molecule has 8 heteroatoms. The first-order valence-electron chi connectivity index (χ1n) is 5.53. The van der Waals surface area contributed by atoms with Crippen LogP contribution in [0.15, 0.2) is 42.6 Å². The van der Waals surface area contributed by atoms with Crippen LogP contribution in [0.25, 0.3) is 0 Å². The Hall–Kier alpha value is -3.16. The number of carbonyl (C=O) groups excluding carboxylic acids is 1. The lowest BCUT2D eigenvalue weighted by Gasteiger charge is -2.08. The molecule has 1 aromatic carbocycles. The molecular weight excluding hydrogens is 264 g/mol. The summed E-state index contributed by atoms with van der Waals surface area (Å²) in [5, 5.41) is 24.9. The van der Waals surface area contributed by atoms with Crippen molar-refractivity contribution < 1.29 is 14.8 Å². The summed E-state index contributed by atoms with van der Waals surface area (Å²) in [5.41, 5.74) is -0.302. The van der Waals surface area contributed by atoms with Gasteiger partial charge in [0.05, 0.1) is 10.6 Å². The lowest BCUT2D eigenvalue weighted by molar-refractivity contribution is -0.384. The molecule has 0 atom stereocenters. The van der Waals surface area contributed by atoms with Crippen molar-refractivity contribution in [2.75, 3.05) is 10.6 Å². The van der Waals surface area contributed by atoms with Gasteiger partial charge in [0.2, 0.25) is 0 Å². The molecule has 2 amide bonds. The van der Waals surface area contributed by atoms with Gasteiger partial charge in [-0.3, -0.25) is 15.4 Å². The minimum atomic E-state index is -0.667. The van der Waals surface area contributed by atoms with Gasteiger partial charge in [0.15, 0.2) is 0 Å². The van der Waals surface area contributed by atoms with Crippen LogP contribution in [-0.4, -0.2) is 21.0 Å². The fourth-order valence-electron chi connectivity index (χ4n) is 1.44. The standard InChI is InChI=1S/C12H10N4O4/c17-10-5-4-8(16(19)20)7-9(10)14-12(18)15-11-3-1-2-6-13-11/h1-7,17H,(H2,13,14,15,18). The normalized spacial score (nSPS) is 9.80. The van der Waals surface area contributed by atoms with E-state index in [9.17, 15) is 20.0 Å². The van der Waals surface area contributed by atoms with Crippen molar-refractivity contribution in [1.82, 2.24) is 4.98 Å². The van der Waals surface area contributed by atoms with Crippen LogP contribution >= 0.6 is 0 Å². The molecule has 8 nitrogen and oxygen atoms in total. The van der Waals surface area contributed by atoms with E-state index in [0.29, 0.717) is 5.82 Å². The Bertz CT molecular complexity index is 645. The summed E-state index contributed by atoms with van der Waals surface area (Å²) in [6.45, 7) is 0. The Kier molecular flexibility index (Phi) is 3.75. The van der Waals surface area contributed by atoms with E-state index >= 15 is 0 Å². The Morgan fingerprint density at radius 2 is 2.05 bits per heavy atom. The van der Waals surface area contributed by atoms with E-state index in [1.54, 1.807) is 18.2 Å². The number of hydrogen-bond acceptors (Lipinski definition) is 5. The van der Waals surface area contributed by atoms with Crippen LogP contribution in [0, 0.1) is 10.1 Å². The number of urea groups is 1. The maximum Gasteiger partial charge on any atom is 0.324 e. The number of pyridine rings is 1. The predicted octanol–water partition coefficient (Wildman–Crippen LogP) is 2.34. The molecule has 0 aliphatic carbocycles. The first-order valence-corrected chi connectivity index (χ1v) is 5.53. The number of nitro groups is 1. The summed E-state index contributed by atoms with van der Waals surface area (Å²) in [7, 11) is 0. The molecule has 0 unspecified atom stereocenters. The highest BCUT2D eigenvalue weighted by molar-refractivity contribution is 6.00. The second-order valence-corrected chi connectivity index (χ2v) is 3.75. The van der Waals surface area contributed by atoms with Crippen molar-refractivity contribution in [2.45, 2.75) is 0 Å². The zero-order chi connectivity index (χ0) is 14.5. The average molecular weight is 274 g/mol. The molecule has 2 rings (SSSR count). The van der Waals surface area contributed by atoms with Gasteiger partial charge in [-0.15, -0.1) is 0 Å². The number of nitrogens with zero attached hydrogens (tertiary/aromatic N) is 2. The Morgan fingerprint density at radius 1 is 1.25 bits per heavy atom. The van der Waals surface area contributed by atoms with Gasteiger partial charge in [-0.2, -0.15) is 0 Å². The number of amides is 2. The second-order valence-electron chi connectivity index (χ2n) is 3.75. The number of phenols is 1. The third-order valence-electron chi connectivity index (χ3n) is 2.35. The van der Waals surface area contributed by atoms with Crippen LogP contribution in [0.5, 0.6) is 5.75 Å². The lowest BCUT2D eigenvalue weighted by Crippen LogP contribution is -2.20. The summed E-state index contributed by atoms with van der Waals surface area (Å²) in [6, 6.07) is 7.62. The van der Waals surface area contributed by atoms with Crippen molar-refractivity contribution in [3.05, 3.63) is 52.7 Å². The van der Waals surface area contributed by atoms with Gasteiger partial charge in [0.25, 0.3) is 5.69 Å². The van der Waals surface area contributed by atoms with Crippen LogP contribution in [0.1, 0.15) is 0 Å². The van der Waals surface area contributed by atoms with Crippen molar-refractivity contribution in [2.24, 2.45) is 0 Å². The molecule has 0 radical (unpaired) electrons. The fraction of sp³-hybridized carbons (Fsp3) is 0. The van der Waals surface area contributed by atoms with Gasteiger partial charge in [0.1, 0.15) is 11.6 Å². The van der Waals surface area contributed by atoms with Gasteiger partial charge < -0.3 is 10.4 Å². The number of nitro benzene ring substituents is 1. The fourth-order valence-corrected chi connectivity index (χ4v) is 1.44. The van der Waals surface area contributed by atoms with Crippen molar-refractivity contribution in [3.8, 4) is 5.75 Å². The second kappa shape index (κ2) is 5.65. The van der Waals surface area contributed by atoms with E-state index in [-0.39, 0.29) is 17.1 Å². The van der Waals surface area contributed by atoms with Crippen LogP contribution in [0.3, 0.4) is 0 Å². The van der Waals surface area contributed by atoms with Crippen molar-refractivity contribution >= 4 is 23.2 Å². The van der Waals surface area contributed by atoms with E-state index in [1.165, 1.54) is 6.20 Å². The molecule has 1 heterocycles. The Balaban J connectivity index is 2.11. The highest BCUT2D eigenvalue weighted by Crippen LogP contribution is 2.27. The average Bonchev–Trinajstić information content (AvgIpc) is 2.42. The summed E-state index contributed by atoms with van der Waals surface area (Å²) >= 11 is 0. The third-order valence-corrected chi connectivity index (χ3v) is 2.35. The molecule has 0 bridgehead atoms. The van der Waals surface area contributed by atoms with E-state index in [1.807, 2.05) is 0 Å². The zero-order valence-electron chi connectivity index (χ0n) is 10.1. The topological polar surface area (TPSA) is 117 Å². The largest absolute Gasteiger partial charge is 0.506 e. The van der Waals surface area contributed by atoms with E-state index in [2.05, 4.69) is 15.6 Å². The van der Waals surface area contributed by atoms with Gasteiger partial charge in [-0.05, 0) is 18.2 Å². The van der Waals surface area contributed by atoms with Crippen LogP contribution in [0.4, 0.5) is 22.0 Å². The molecule has 0 aliphatic heterocycles. The van der Waals surface area contributed by atoms with Crippen molar-refractivity contribution in [3.63, 3.8) is 0 Å². The number of nitrogens with one attached hydrogen (secondary N) is 2. The summed E-state index contributed by atoms with van der Waals surface area (Å²) in [4.78, 5) is 25.6. The van der Waals surface area contributed by atoms with E-state index < -0.39 is 11.0 Å². The Morgan fingerprint density at radius 3 is 2.70 bits per heavy atom. The molecule has 3 N–H and O–H groups in total. The van der Waals surface area contributed by atoms with Gasteiger partial charge in [-0.25, -0.2) is 9.78 Å². The summed E-state index contributed by atoms with van der Waals surface area (Å²) < 4.78 is 0. The maximum atomic E-state index is 11.7. The number of non-ortho nitro benzene ring substituents is 1. The summed E-state index contributed by atoms with van der Waals surface area (Å²) in [6.07, 6.45) is 1.50. The first kappa shape index (κ1) is 13.3. The number of aromatic nitrogens is 1. The SMILES string of the molecule is O=C(Nc1ccccn1)Nc1cc([N+](=O)[O-])ccc1O. The smallest absolute Gasteiger partial charge is 0.324 e. The number of rotatable bonds is 3. The molecule has 0 saturated heterocycles. The molecule has 0 aliphatic rings. The quantitative estimate of drug-likeness (QED) is 0.451. The van der Waals surface area contributed by atoms with Gasteiger partial charge >= 0.3 is 6.03 Å². The number of carbonyl (C=O) groups is 1.